The molecule has 1 rings (SSSR count). The van der Waals surface area contributed by atoms with E-state index < -0.39 is 0 Å². The van der Waals surface area contributed by atoms with E-state index in [2.05, 4.69) is 5.23 Å². The number of rotatable bonds is 3. The van der Waals surface area contributed by atoms with Crippen molar-refractivity contribution in [3.63, 3.8) is 0 Å². The minimum absolute atomic E-state index is 0.160. The lowest BCUT2D eigenvalue weighted by Crippen LogP contribution is -2.33. The third-order valence-corrected chi connectivity index (χ3v) is 2.00. The van der Waals surface area contributed by atoms with Gasteiger partial charge in [-0.15, -0.1) is 0 Å². The first-order valence-electron chi connectivity index (χ1n) is 4.19. The van der Waals surface area contributed by atoms with E-state index in [4.69, 9.17) is 0 Å². The Kier molecular flexibility index (Phi) is 3.05. The molecule has 3 amide bonds. The molecule has 5 nitrogen and oxygen atoms in total. The van der Waals surface area contributed by atoms with Crippen LogP contribution >= 0.6 is 0 Å². The van der Waals surface area contributed by atoms with Crippen LogP contribution in [0.4, 0.5) is 0 Å². The van der Waals surface area contributed by atoms with Gasteiger partial charge in [-0.3, -0.25) is 19.3 Å². The molecule has 0 unspecified atom stereocenters. The highest BCUT2D eigenvalue weighted by molar-refractivity contribution is 6.14. The maximum absolute atomic E-state index is 11.1. The highest BCUT2D eigenvalue weighted by atomic mass is 16.2. The number of nitrogens with one attached hydrogen (secondary N) is 1. The molecule has 1 fully saturated rings. The second-order valence-electron chi connectivity index (χ2n) is 2.86. The molecular formula is C7H11BN2O3. The number of likely N-dealkylation sites (tertiary alicyclic amines) is 1. The summed E-state index contributed by atoms with van der Waals surface area (Å²) in [6, 6.07) is 0. The fourth-order valence-electron chi connectivity index (χ4n) is 1.21. The largest absolute Gasteiger partial charge is 0.406 e. The van der Waals surface area contributed by atoms with Crippen molar-refractivity contribution in [2.75, 3.05) is 6.54 Å². The van der Waals surface area contributed by atoms with Crippen LogP contribution in [-0.2, 0) is 14.4 Å². The molecule has 6 heteroatoms. The number of hydrogen-bond donors (Lipinski definition) is 1. The first kappa shape index (κ1) is 9.76. The lowest BCUT2D eigenvalue weighted by molar-refractivity contribution is -0.138. The standard InChI is InChI=1S/C7H11BN2O3/c8-9-5(11)3-4-10-6(12)1-2-7(10)13/h1-4,8H2,(H,9,11). The molecule has 0 aromatic carbocycles. The van der Waals surface area contributed by atoms with Crippen molar-refractivity contribution in [2.45, 2.75) is 19.3 Å². The third kappa shape index (κ3) is 2.30. The molecule has 0 aliphatic carbocycles. The fourth-order valence-corrected chi connectivity index (χ4v) is 1.21. The van der Waals surface area contributed by atoms with Crippen molar-refractivity contribution in [2.24, 2.45) is 0 Å². The molecule has 1 saturated heterocycles. The number of carbonyl (C=O) groups is 3. The predicted octanol–water partition coefficient (Wildman–Crippen LogP) is -1.81. The molecule has 0 spiro atoms. The lowest BCUT2D eigenvalue weighted by Gasteiger charge is -2.12. The van der Waals surface area contributed by atoms with Gasteiger partial charge in [0.2, 0.25) is 25.7 Å². The Balaban J connectivity index is 2.40. The van der Waals surface area contributed by atoms with Crippen LogP contribution in [0.25, 0.3) is 0 Å². The smallest absolute Gasteiger partial charge is 0.229 e. The van der Waals surface area contributed by atoms with Crippen LogP contribution in [0.15, 0.2) is 0 Å². The second-order valence-corrected chi connectivity index (χ2v) is 2.86. The van der Waals surface area contributed by atoms with Crippen LogP contribution in [0.5, 0.6) is 0 Å². The van der Waals surface area contributed by atoms with Gasteiger partial charge in [0, 0.05) is 25.8 Å². The summed E-state index contributed by atoms with van der Waals surface area (Å²) in [5.74, 6) is -0.504. The average molecular weight is 182 g/mol. The Morgan fingerprint density at radius 3 is 2.38 bits per heavy atom. The van der Waals surface area contributed by atoms with E-state index in [0.29, 0.717) is 0 Å². The van der Waals surface area contributed by atoms with Gasteiger partial charge in [-0.2, -0.15) is 0 Å². The van der Waals surface area contributed by atoms with Crippen LogP contribution in [0.2, 0.25) is 0 Å². The summed E-state index contributed by atoms with van der Waals surface area (Å²) in [5.41, 5.74) is 0. The number of amides is 3. The van der Waals surface area contributed by atoms with E-state index in [1.807, 2.05) is 0 Å². The highest BCUT2D eigenvalue weighted by Crippen LogP contribution is 2.11. The summed E-state index contributed by atoms with van der Waals surface area (Å²) in [6.45, 7) is 0.206. The zero-order chi connectivity index (χ0) is 9.84. The Labute approximate surface area is 76.9 Å². The van der Waals surface area contributed by atoms with Gasteiger partial charge in [0.1, 0.15) is 0 Å². The number of carbonyl (C=O) groups excluding carboxylic acids is 3. The van der Waals surface area contributed by atoms with Crippen LogP contribution in [0.1, 0.15) is 19.3 Å². The van der Waals surface area contributed by atoms with E-state index >= 15 is 0 Å². The van der Waals surface area contributed by atoms with Gasteiger partial charge in [0.25, 0.3) is 0 Å². The summed E-state index contributed by atoms with van der Waals surface area (Å²) in [6.07, 6.45) is 0.757. The van der Waals surface area contributed by atoms with Gasteiger partial charge < -0.3 is 5.23 Å². The third-order valence-electron chi connectivity index (χ3n) is 2.00. The molecule has 0 atom stereocenters. The van der Waals surface area contributed by atoms with Crippen molar-refractivity contribution in [3.8, 4) is 0 Å². The van der Waals surface area contributed by atoms with Crippen LogP contribution in [0.3, 0.4) is 0 Å². The van der Waals surface area contributed by atoms with Gasteiger partial charge in [-0.1, -0.05) is 0 Å². The van der Waals surface area contributed by atoms with E-state index in [-0.39, 0.29) is 43.5 Å². The SMILES string of the molecule is BNC(=O)CCN1C(=O)CCC1=O. The minimum atomic E-state index is -0.172. The van der Waals surface area contributed by atoms with Crippen molar-refractivity contribution in [1.29, 1.82) is 0 Å². The monoisotopic (exact) mass is 182 g/mol. The summed E-state index contributed by atoms with van der Waals surface area (Å²) < 4.78 is 0. The van der Waals surface area contributed by atoms with Crippen molar-refractivity contribution in [3.05, 3.63) is 0 Å². The first-order chi connectivity index (χ1) is 6.15. The van der Waals surface area contributed by atoms with E-state index in [1.165, 1.54) is 7.98 Å². The Morgan fingerprint density at radius 1 is 1.38 bits per heavy atom. The quantitative estimate of drug-likeness (QED) is 0.413. The second kappa shape index (κ2) is 4.07. The molecule has 0 aromatic heterocycles. The Morgan fingerprint density at radius 2 is 1.92 bits per heavy atom. The average Bonchev–Trinajstić information content (AvgIpc) is 2.43. The minimum Gasteiger partial charge on any atom is -0.406 e. The van der Waals surface area contributed by atoms with E-state index in [9.17, 15) is 14.4 Å². The van der Waals surface area contributed by atoms with Crippen molar-refractivity contribution >= 4 is 25.7 Å². The van der Waals surface area contributed by atoms with Gasteiger partial charge in [-0.05, 0) is 0 Å². The topological polar surface area (TPSA) is 66.5 Å². The molecule has 0 aromatic rings. The highest BCUT2D eigenvalue weighted by Gasteiger charge is 2.28. The number of nitrogens with zero attached hydrogens (tertiary/aromatic N) is 1. The normalized spacial score (nSPS) is 16.5. The van der Waals surface area contributed by atoms with Gasteiger partial charge >= 0.3 is 0 Å². The molecule has 0 radical (unpaired) electrons. The Bertz CT molecular complexity index is 238. The molecule has 1 aliphatic heterocycles. The summed E-state index contributed by atoms with van der Waals surface area (Å²) >= 11 is 0. The van der Waals surface area contributed by atoms with E-state index in [1.54, 1.807) is 0 Å². The van der Waals surface area contributed by atoms with Crippen LogP contribution in [0, 0.1) is 0 Å². The number of hydrogen-bond acceptors (Lipinski definition) is 3. The molecule has 0 saturated carbocycles. The molecule has 70 valence electrons. The molecule has 13 heavy (non-hydrogen) atoms. The first-order valence-corrected chi connectivity index (χ1v) is 4.19. The van der Waals surface area contributed by atoms with Gasteiger partial charge in [0.05, 0.1) is 0 Å². The summed E-state index contributed by atoms with van der Waals surface area (Å²) in [5, 5.41) is 2.43. The van der Waals surface area contributed by atoms with Crippen LogP contribution in [-0.4, -0.2) is 37.1 Å². The lowest BCUT2D eigenvalue weighted by atomic mass is 10.3. The van der Waals surface area contributed by atoms with Gasteiger partial charge in [0.15, 0.2) is 0 Å². The van der Waals surface area contributed by atoms with E-state index in [0.717, 1.165) is 4.90 Å². The van der Waals surface area contributed by atoms with Gasteiger partial charge in [-0.25, -0.2) is 0 Å². The Hall–Kier alpha value is -1.33. The molecule has 1 N–H and O–H groups in total. The number of imide groups is 1. The maximum atomic E-state index is 11.1. The zero-order valence-electron chi connectivity index (χ0n) is 7.50. The molecule has 1 heterocycles. The predicted molar refractivity (Wildman–Crippen MR) is 47.3 cm³/mol. The molecule has 1 aliphatic rings. The van der Waals surface area contributed by atoms with Crippen LogP contribution < -0.4 is 5.23 Å². The fraction of sp³-hybridized carbons (Fsp3) is 0.571. The summed E-state index contributed by atoms with van der Waals surface area (Å²) in [7, 11) is 1.52. The van der Waals surface area contributed by atoms with Crippen molar-refractivity contribution < 1.29 is 14.4 Å². The summed E-state index contributed by atoms with van der Waals surface area (Å²) in [4.78, 5) is 34.1. The zero-order valence-corrected chi connectivity index (χ0v) is 7.50. The molecule has 0 bridgehead atoms. The van der Waals surface area contributed by atoms with Crippen molar-refractivity contribution in [1.82, 2.24) is 10.1 Å². The maximum Gasteiger partial charge on any atom is 0.229 e. The molecular weight excluding hydrogens is 171 g/mol.